The van der Waals surface area contributed by atoms with Gasteiger partial charge in [0.05, 0.1) is 11.1 Å². The van der Waals surface area contributed by atoms with Crippen LogP contribution in [0.1, 0.15) is 61.3 Å². The molecule has 0 amide bonds. The third-order valence-electron chi connectivity index (χ3n) is 7.01. The monoisotopic (exact) mass is 823 g/mol. The van der Waals surface area contributed by atoms with Crippen LogP contribution in [0.25, 0.3) is 10.8 Å². The number of hydrogen-bond acceptors (Lipinski definition) is 5. The number of rotatable bonds is 4. The highest BCUT2D eigenvalue weighted by molar-refractivity contribution is 14.1. The molecule has 0 bridgehead atoms. The number of nitrogens with zero attached hydrogens (tertiary/aromatic N) is 1. The molecule has 3 aromatic carbocycles. The Bertz CT molecular complexity index is 1330. The number of hydrogen-bond donors (Lipinski definition) is 0. The van der Waals surface area contributed by atoms with E-state index in [0.29, 0.717) is 16.9 Å². The minimum absolute atomic E-state index is 0.0573. The molecule has 0 saturated carbocycles. The zero-order valence-electron chi connectivity index (χ0n) is 20.8. The third-order valence-corrected chi connectivity index (χ3v) is 10.7. The molecule has 0 aromatic heterocycles. The van der Waals surface area contributed by atoms with Crippen LogP contribution in [0.4, 0.5) is 0 Å². The summed E-state index contributed by atoms with van der Waals surface area (Å²) in [5, 5.41) is 1.76. The van der Waals surface area contributed by atoms with Crippen molar-refractivity contribution >= 4 is 90.5 Å². The van der Waals surface area contributed by atoms with E-state index >= 15 is 0 Å². The van der Waals surface area contributed by atoms with Crippen molar-refractivity contribution in [3.8, 4) is 5.75 Å². The quantitative estimate of drug-likeness (QED) is 0.117. The van der Waals surface area contributed by atoms with Crippen molar-refractivity contribution < 1.29 is 19.1 Å². The fourth-order valence-corrected chi connectivity index (χ4v) is 7.24. The highest BCUT2D eigenvalue weighted by Gasteiger charge is 2.44. The summed E-state index contributed by atoms with van der Waals surface area (Å²) in [4.78, 5) is 28.2. The molecule has 0 atom stereocenters. The predicted molar refractivity (Wildman–Crippen MR) is 168 cm³/mol. The lowest BCUT2D eigenvalue weighted by Crippen LogP contribution is -2.60. The summed E-state index contributed by atoms with van der Waals surface area (Å²) in [5.41, 5.74) is 0.950. The van der Waals surface area contributed by atoms with Crippen molar-refractivity contribution in [2.45, 2.75) is 57.7 Å². The van der Waals surface area contributed by atoms with Gasteiger partial charge in [-0.25, -0.2) is 9.59 Å². The number of esters is 2. The van der Waals surface area contributed by atoms with E-state index in [1.54, 1.807) is 12.1 Å². The number of halogens is 3. The second kappa shape index (κ2) is 10.6. The maximum absolute atomic E-state index is 13.0. The smallest absolute Gasteiger partial charge is 0.344 e. The van der Waals surface area contributed by atoms with E-state index in [1.165, 1.54) is 0 Å². The van der Waals surface area contributed by atoms with Crippen LogP contribution in [0.3, 0.4) is 0 Å². The van der Waals surface area contributed by atoms with E-state index in [2.05, 4.69) is 107 Å². The fourth-order valence-electron chi connectivity index (χ4n) is 4.86. The molecule has 0 aliphatic carbocycles. The fraction of sp³-hybridized carbons (Fsp3) is 0.357. The highest BCUT2D eigenvalue weighted by atomic mass is 127. The van der Waals surface area contributed by atoms with Crippen LogP contribution >= 0.6 is 67.8 Å². The molecule has 0 spiro atoms. The maximum Gasteiger partial charge on any atom is 0.344 e. The molecule has 190 valence electrons. The Balaban J connectivity index is 1.49. The first-order chi connectivity index (χ1) is 16.8. The summed E-state index contributed by atoms with van der Waals surface area (Å²) in [6, 6.07) is 14.7. The van der Waals surface area contributed by atoms with E-state index < -0.39 is 0 Å². The van der Waals surface area contributed by atoms with Crippen LogP contribution in [-0.2, 0) is 4.74 Å². The van der Waals surface area contributed by atoms with Crippen LogP contribution in [0, 0.1) is 10.7 Å². The summed E-state index contributed by atoms with van der Waals surface area (Å²) < 4.78 is 14.5. The second-order valence-electron chi connectivity index (χ2n) is 10.5. The molecule has 1 saturated heterocycles. The molecular formula is C28H28I3NO4. The van der Waals surface area contributed by atoms with Gasteiger partial charge in [0.25, 0.3) is 0 Å². The summed E-state index contributed by atoms with van der Waals surface area (Å²) in [6.45, 7) is 8.76. The summed E-state index contributed by atoms with van der Waals surface area (Å²) in [7, 11) is 2.13. The van der Waals surface area contributed by atoms with Gasteiger partial charge >= 0.3 is 11.9 Å². The molecule has 36 heavy (non-hydrogen) atoms. The minimum Gasteiger partial charge on any atom is -0.459 e. The number of benzene rings is 3. The van der Waals surface area contributed by atoms with Crippen LogP contribution in [0.2, 0.25) is 0 Å². The lowest BCUT2D eigenvalue weighted by molar-refractivity contribution is -0.0732. The molecular weight excluding hydrogens is 795 g/mol. The Morgan fingerprint density at radius 2 is 1.47 bits per heavy atom. The van der Waals surface area contributed by atoms with Crippen LogP contribution in [0.5, 0.6) is 5.75 Å². The molecule has 4 rings (SSSR count). The topological polar surface area (TPSA) is 55.8 Å². The SMILES string of the molecule is CN1C(C)(C)CC(OC(=O)c2ccc3cc(OC(=O)c4cc(I)cc(I)c4I)ccc3c2)CC1(C)C. The van der Waals surface area contributed by atoms with Gasteiger partial charge in [-0.3, -0.25) is 4.90 Å². The third kappa shape index (κ3) is 6.01. The summed E-state index contributed by atoms with van der Waals surface area (Å²) in [5.74, 6) is -0.237. The lowest BCUT2D eigenvalue weighted by Gasteiger charge is -2.53. The van der Waals surface area contributed by atoms with Crippen molar-refractivity contribution in [1.82, 2.24) is 4.90 Å². The summed E-state index contributed by atoms with van der Waals surface area (Å²) >= 11 is 6.59. The normalized spacial score (nSPS) is 17.7. The van der Waals surface area contributed by atoms with E-state index in [4.69, 9.17) is 9.47 Å². The van der Waals surface area contributed by atoms with Gasteiger partial charge in [0.1, 0.15) is 11.9 Å². The standard InChI is InChI=1S/C28H28I3NO4/c1-27(2)14-21(15-28(3,4)32(27)5)36-25(33)18-7-6-17-11-20(9-8-16(17)10-18)35-26(34)22-12-19(29)13-23(30)24(22)31/h6-13,21H,14-15H2,1-5H3. The van der Waals surface area contributed by atoms with E-state index in [-0.39, 0.29) is 29.1 Å². The number of carbonyl (C=O) groups is 2. The zero-order chi connectivity index (χ0) is 26.4. The van der Waals surface area contributed by atoms with E-state index in [1.807, 2.05) is 36.4 Å². The van der Waals surface area contributed by atoms with Crippen molar-refractivity contribution in [3.63, 3.8) is 0 Å². The molecule has 5 nitrogen and oxygen atoms in total. The number of ether oxygens (including phenoxy) is 2. The zero-order valence-corrected chi connectivity index (χ0v) is 27.3. The maximum atomic E-state index is 13.0. The van der Waals surface area contributed by atoms with Gasteiger partial charge in [-0.15, -0.1) is 0 Å². The Morgan fingerprint density at radius 1 is 0.861 bits per heavy atom. The van der Waals surface area contributed by atoms with Crippen molar-refractivity contribution in [3.05, 3.63) is 70.4 Å². The van der Waals surface area contributed by atoms with Crippen molar-refractivity contribution in [1.29, 1.82) is 0 Å². The van der Waals surface area contributed by atoms with E-state index in [9.17, 15) is 9.59 Å². The molecule has 1 aliphatic rings. The van der Waals surface area contributed by atoms with Crippen molar-refractivity contribution in [2.24, 2.45) is 0 Å². The Labute approximate surface area is 253 Å². The molecule has 1 fully saturated rings. The summed E-state index contributed by atoms with van der Waals surface area (Å²) in [6.07, 6.45) is 1.45. The average molecular weight is 823 g/mol. The van der Waals surface area contributed by atoms with Gasteiger partial charge in [-0.05, 0) is 150 Å². The highest BCUT2D eigenvalue weighted by Crippen LogP contribution is 2.38. The number of piperidine rings is 1. The van der Waals surface area contributed by atoms with Crippen LogP contribution in [-0.4, -0.2) is 41.1 Å². The molecule has 1 aliphatic heterocycles. The first-order valence-corrected chi connectivity index (χ1v) is 14.9. The van der Waals surface area contributed by atoms with Gasteiger partial charge in [-0.1, -0.05) is 12.1 Å². The lowest BCUT2D eigenvalue weighted by atomic mass is 9.79. The average Bonchev–Trinajstić information content (AvgIpc) is 2.79. The van der Waals surface area contributed by atoms with Crippen LogP contribution in [0.15, 0.2) is 48.5 Å². The van der Waals surface area contributed by atoms with Gasteiger partial charge in [0.15, 0.2) is 0 Å². The number of fused-ring (bicyclic) bond motifs is 1. The molecule has 0 radical (unpaired) electrons. The predicted octanol–water partition coefficient (Wildman–Crippen LogP) is 7.68. The number of likely N-dealkylation sites (tertiary alicyclic amines) is 1. The molecule has 8 heteroatoms. The Hall–Kier alpha value is -0.990. The first kappa shape index (κ1) is 28.0. The Morgan fingerprint density at radius 3 is 2.14 bits per heavy atom. The van der Waals surface area contributed by atoms with Crippen molar-refractivity contribution in [2.75, 3.05) is 7.05 Å². The largest absolute Gasteiger partial charge is 0.459 e. The molecule has 1 heterocycles. The van der Waals surface area contributed by atoms with Gasteiger partial charge in [0, 0.05) is 34.6 Å². The molecule has 0 N–H and O–H groups in total. The van der Waals surface area contributed by atoms with Crippen LogP contribution < -0.4 is 4.74 Å². The van der Waals surface area contributed by atoms with E-state index in [0.717, 1.165) is 34.3 Å². The van der Waals surface area contributed by atoms with Gasteiger partial charge in [0.2, 0.25) is 0 Å². The second-order valence-corrected chi connectivity index (χ2v) is 14.0. The molecule has 0 unspecified atom stereocenters. The van der Waals surface area contributed by atoms with Gasteiger partial charge in [-0.2, -0.15) is 0 Å². The minimum atomic E-state index is -0.389. The first-order valence-electron chi connectivity index (χ1n) is 11.6. The Kier molecular flexibility index (Phi) is 8.29. The molecule has 3 aromatic rings. The van der Waals surface area contributed by atoms with Gasteiger partial charge < -0.3 is 9.47 Å². The number of carbonyl (C=O) groups excluding carboxylic acids is 2.